The molecule has 0 unspecified atom stereocenters. The Kier molecular flexibility index (Phi) is 5.16. The van der Waals surface area contributed by atoms with Crippen LogP contribution in [-0.2, 0) is 23.8 Å². The van der Waals surface area contributed by atoms with Gasteiger partial charge in [0.25, 0.3) is 0 Å². The number of alkyl halides is 3. The molecule has 1 saturated heterocycles. The van der Waals surface area contributed by atoms with Gasteiger partial charge in [0.2, 0.25) is 0 Å². The van der Waals surface area contributed by atoms with E-state index in [0.29, 0.717) is 30.6 Å². The fourth-order valence-electron chi connectivity index (χ4n) is 8.21. The zero-order valence-electron chi connectivity index (χ0n) is 19.9. The highest BCUT2D eigenvalue weighted by Crippen LogP contribution is 2.69. The number of ether oxygens (including phenoxy) is 2. The maximum Gasteiger partial charge on any atom is 0.534 e. The Morgan fingerprint density at radius 3 is 2.33 bits per heavy atom. The molecule has 9 heteroatoms. The van der Waals surface area contributed by atoms with Crippen molar-refractivity contribution in [3.63, 3.8) is 0 Å². The zero-order chi connectivity index (χ0) is 24.2. The molecule has 1 heterocycles. The van der Waals surface area contributed by atoms with Crippen molar-refractivity contribution in [3.8, 4) is 0 Å². The Hall–Kier alpha value is -0.800. The highest BCUT2D eigenvalue weighted by Gasteiger charge is 2.68. The minimum Gasteiger partial charge on any atom is -0.380 e. The van der Waals surface area contributed by atoms with Crippen molar-refractivity contribution in [1.29, 1.82) is 0 Å². The predicted octanol–water partition coefficient (Wildman–Crippen LogP) is 5.77. The second-order valence-corrected chi connectivity index (χ2v) is 13.6. The van der Waals surface area contributed by atoms with Crippen LogP contribution in [0, 0.1) is 40.4 Å². The van der Waals surface area contributed by atoms with Gasteiger partial charge in [0.05, 0.1) is 12.2 Å². The molecule has 33 heavy (non-hydrogen) atoms. The highest BCUT2D eigenvalue weighted by atomic mass is 32.2. The Balaban J connectivity index is 1.51. The van der Waals surface area contributed by atoms with Crippen molar-refractivity contribution in [2.45, 2.75) is 96.6 Å². The van der Waals surface area contributed by atoms with E-state index in [1.165, 1.54) is 0 Å². The molecule has 4 aliphatic carbocycles. The first-order valence-electron chi connectivity index (χ1n) is 12.2. The summed E-state index contributed by atoms with van der Waals surface area (Å²) >= 11 is 0. The van der Waals surface area contributed by atoms with E-state index in [0.717, 1.165) is 25.7 Å². The first kappa shape index (κ1) is 23.9. The summed E-state index contributed by atoms with van der Waals surface area (Å²) in [6.07, 6.45) is 6.65. The number of halogens is 3. The summed E-state index contributed by atoms with van der Waals surface area (Å²) in [6, 6.07) is 0. The summed E-state index contributed by atoms with van der Waals surface area (Å²) in [5.74, 6) is 0.635. The van der Waals surface area contributed by atoms with Crippen LogP contribution in [0.25, 0.3) is 0 Å². The molecular formula is C24H35F3O5S. The van der Waals surface area contributed by atoms with Gasteiger partial charge in [-0.3, -0.25) is 0 Å². The molecule has 0 aromatic heterocycles. The van der Waals surface area contributed by atoms with Crippen molar-refractivity contribution >= 4 is 10.1 Å². The topological polar surface area (TPSA) is 61.8 Å². The van der Waals surface area contributed by atoms with E-state index >= 15 is 0 Å². The maximum absolute atomic E-state index is 13.1. The van der Waals surface area contributed by atoms with Gasteiger partial charge < -0.3 is 13.7 Å². The molecule has 0 aromatic rings. The van der Waals surface area contributed by atoms with Crippen LogP contribution in [0.15, 0.2) is 11.8 Å². The number of rotatable bonds is 2. The molecule has 0 bridgehead atoms. The van der Waals surface area contributed by atoms with Crippen molar-refractivity contribution in [2.75, 3.05) is 0 Å². The van der Waals surface area contributed by atoms with Gasteiger partial charge in [0.15, 0.2) is 5.79 Å². The molecule has 9 atom stereocenters. The summed E-state index contributed by atoms with van der Waals surface area (Å²) in [7, 11) is -5.70. The monoisotopic (exact) mass is 492 g/mol. The maximum atomic E-state index is 13.1. The lowest BCUT2D eigenvalue weighted by Crippen LogP contribution is -2.62. The second-order valence-electron chi connectivity index (χ2n) is 12.1. The SMILES string of the molecule is C[C@H]1CC[C@@]2(C)[C@H](C1)[C@H]1OC(C)(C)O[C@@H]1[C@@H]1[C@@H]2CC[C@]2(C)C(OS(=O)(=O)C(F)(F)F)=CC[C@@H]12. The van der Waals surface area contributed by atoms with E-state index in [2.05, 4.69) is 13.8 Å². The largest absolute Gasteiger partial charge is 0.534 e. The minimum atomic E-state index is -5.70. The number of fused-ring (bicyclic) bond motifs is 8. The molecule has 0 aromatic carbocycles. The third-order valence-electron chi connectivity index (χ3n) is 9.79. The van der Waals surface area contributed by atoms with E-state index in [4.69, 9.17) is 13.7 Å². The summed E-state index contributed by atoms with van der Waals surface area (Å²) < 4.78 is 80.6. The molecule has 3 saturated carbocycles. The van der Waals surface area contributed by atoms with Crippen molar-refractivity contribution in [3.05, 3.63) is 11.8 Å². The molecule has 5 rings (SSSR count). The van der Waals surface area contributed by atoms with Gasteiger partial charge in [0.1, 0.15) is 5.76 Å². The molecule has 5 nitrogen and oxygen atoms in total. The molecular weight excluding hydrogens is 457 g/mol. The Morgan fingerprint density at radius 1 is 1.00 bits per heavy atom. The van der Waals surface area contributed by atoms with Gasteiger partial charge in [-0.1, -0.05) is 27.2 Å². The van der Waals surface area contributed by atoms with Crippen molar-refractivity contribution < 1.29 is 35.2 Å². The Labute approximate surface area is 194 Å². The summed E-state index contributed by atoms with van der Waals surface area (Å²) in [6.45, 7) is 10.4. The Morgan fingerprint density at radius 2 is 1.67 bits per heavy atom. The third kappa shape index (κ3) is 3.42. The molecule has 0 N–H and O–H groups in total. The fourth-order valence-corrected chi connectivity index (χ4v) is 8.80. The lowest BCUT2D eigenvalue weighted by Gasteiger charge is -2.63. The molecule has 188 valence electrons. The molecule has 0 radical (unpaired) electrons. The van der Waals surface area contributed by atoms with Crippen LogP contribution in [-0.4, -0.2) is 31.9 Å². The average molecular weight is 493 g/mol. The Bertz CT molecular complexity index is 960. The zero-order valence-corrected chi connectivity index (χ0v) is 20.8. The van der Waals surface area contributed by atoms with Crippen LogP contribution in [0.4, 0.5) is 13.2 Å². The smallest absolute Gasteiger partial charge is 0.380 e. The van der Waals surface area contributed by atoms with Crippen LogP contribution in [0.2, 0.25) is 0 Å². The number of hydrogen-bond acceptors (Lipinski definition) is 5. The van der Waals surface area contributed by atoms with Crippen LogP contribution < -0.4 is 0 Å². The van der Waals surface area contributed by atoms with Crippen molar-refractivity contribution in [2.24, 2.45) is 40.4 Å². The molecule has 1 aliphatic heterocycles. The van der Waals surface area contributed by atoms with Gasteiger partial charge >= 0.3 is 15.6 Å². The van der Waals surface area contributed by atoms with E-state index in [-0.39, 0.29) is 35.2 Å². The molecule has 4 fully saturated rings. The van der Waals surface area contributed by atoms with Crippen LogP contribution in [0.5, 0.6) is 0 Å². The second kappa shape index (κ2) is 7.12. The van der Waals surface area contributed by atoms with Gasteiger partial charge in [0, 0.05) is 5.41 Å². The summed E-state index contributed by atoms with van der Waals surface area (Å²) in [5.41, 5.74) is -6.14. The van der Waals surface area contributed by atoms with E-state index in [9.17, 15) is 21.6 Å². The van der Waals surface area contributed by atoms with Gasteiger partial charge in [-0.15, -0.1) is 0 Å². The number of allylic oxidation sites excluding steroid dienone is 2. The van der Waals surface area contributed by atoms with Gasteiger partial charge in [-0.2, -0.15) is 21.6 Å². The first-order chi connectivity index (χ1) is 15.1. The summed E-state index contributed by atoms with van der Waals surface area (Å²) in [5, 5.41) is 0. The third-order valence-corrected chi connectivity index (χ3v) is 10.8. The predicted molar refractivity (Wildman–Crippen MR) is 115 cm³/mol. The van der Waals surface area contributed by atoms with Crippen LogP contribution in [0.3, 0.4) is 0 Å². The average Bonchev–Trinajstić information content (AvgIpc) is 3.18. The summed E-state index contributed by atoms with van der Waals surface area (Å²) in [4.78, 5) is 0. The fraction of sp³-hybridized carbons (Fsp3) is 0.917. The van der Waals surface area contributed by atoms with Gasteiger partial charge in [-0.25, -0.2) is 0 Å². The normalized spacial score (nSPS) is 48.8. The van der Waals surface area contributed by atoms with Crippen LogP contribution in [0.1, 0.15) is 73.1 Å². The standard InChI is InChI=1S/C24H35F3O5S/c1-13-8-10-22(4)15-9-11-23(5)14(6-7-17(23)32-33(28,29)24(25,26)27)18(15)20-19(16(22)12-13)30-21(2,3)31-20/h7,13-16,18-20H,6,8-12H2,1-5H3/t13-,14-,15-,16+,18-,19+,20+,22+,23-/m0/s1. The van der Waals surface area contributed by atoms with Gasteiger partial charge in [-0.05, 0) is 87.0 Å². The highest BCUT2D eigenvalue weighted by molar-refractivity contribution is 7.87. The number of hydrogen-bond donors (Lipinski definition) is 0. The minimum absolute atomic E-state index is 0.0446. The molecule has 5 aliphatic rings. The van der Waals surface area contributed by atoms with Crippen molar-refractivity contribution in [1.82, 2.24) is 0 Å². The van der Waals surface area contributed by atoms with E-state index in [1.807, 2.05) is 20.8 Å². The molecule has 0 spiro atoms. The molecule has 0 amide bonds. The first-order valence-corrected chi connectivity index (χ1v) is 13.6. The lowest BCUT2D eigenvalue weighted by molar-refractivity contribution is -0.179. The van der Waals surface area contributed by atoms with E-state index < -0.39 is 26.8 Å². The lowest BCUT2D eigenvalue weighted by atomic mass is 9.43. The van der Waals surface area contributed by atoms with E-state index in [1.54, 1.807) is 6.08 Å². The quantitative estimate of drug-likeness (QED) is 0.362. The van der Waals surface area contributed by atoms with Crippen LogP contribution >= 0.6 is 0 Å².